The number of benzene rings is 1. The summed E-state index contributed by atoms with van der Waals surface area (Å²) in [7, 11) is 1.48. The van der Waals surface area contributed by atoms with Gasteiger partial charge in [-0.2, -0.15) is 0 Å². The molecule has 3 heterocycles. The van der Waals surface area contributed by atoms with Gasteiger partial charge in [0.2, 0.25) is 0 Å². The van der Waals surface area contributed by atoms with Crippen molar-refractivity contribution in [1.82, 2.24) is 14.4 Å². The lowest BCUT2D eigenvalue weighted by Gasteiger charge is -2.06. The van der Waals surface area contributed by atoms with Crippen molar-refractivity contribution < 1.29 is 9.84 Å². The zero-order valence-corrected chi connectivity index (χ0v) is 17.8. The highest BCUT2D eigenvalue weighted by molar-refractivity contribution is 9.10. The predicted octanol–water partition coefficient (Wildman–Crippen LogP) is 3.46. The summed E-state index contributed by atoms with van der Waals surface area (Å²) in [6, 6.07) is 7.32. The summed E-state index contributed by atoms with van der Waals surface area (Å²) in [5, 5.41) is 9.94. The molecule has 6 nitrogen and oxygen atoms in total. The highest BCUT2D eigenvalue weighted by Gasteiger charge is 2.12. The third-order valence-electron chi connectivity index (χ3n) is 4.25. The van der Waals surface area contributed by atoms with E-state index in [-0.39, 0.29) is 11.3 Å². The standard InChI is InChI=1S/C20H16BrN3O3S/c1-10-4-13(5-11(2)22-10)15-9-24-19(26)17(28-20(24)23-15)8-12-6-14(21)18(25)16(7-12)27-3/h4-9,25H,1-3H3/b17-8-. The average Bonchev–Trinajstić information content (AvgIpc) is 3.17. The molecule has 28 heavy (non-hydrogen) atoms. The first-order chi connectivity index (χ1) is 13.4. The molecule has 0 amide bonds. The van der Waals surface area contributed by atoms with E-state index in [1.54, 1.807) is 28.8 Å². The molecule has 0 saturated carbocycles. The number of aryl methyl sites for hydroxylation is 2. The number of phenolic OH excluding ortho intramolecular Hbond substituents is 1. The number of aromatic nitrogens is 3. The molecular weight excluding hydrogens is 442 g/mol. The van der Waals surface area contributed by atoms with Gasteiger partial charge in [-0.1, -0.05) is 11.3 Å². The second-order valence-electron chi connectivity index (χ2n) is 6.39. The van der Waals surface area contributed by atoms with Crippen molar-refractivity contribution in [2.24, 2.45) is 0 Å². The van der Waals surface area contributed by atoms with Gasteiger partial charge < -0.3 is 9.84 Å². The zero-order chi connectivity index (χ0) is 20.0. The Morgan fingerprint density at radius 2 is 1.89 bits per heavy atom. The molecule has 0 saturated heterocycles. The average molecular weight is 458 g/mol. The summed E-state index contributed by atoms with van der Waals surface area (Å²) in [5.74, 6) is 0.357. The van der Waals surface area contributed by atoms with E-state index in [9.17, 15) is 9.90 Å². The quantitative estimate of drug-likeness (QED) is 0.509. The van der Waals surface area contributed by atoms with E-state index in [1.165, 1.54) is 18.4 Å². The normalized spacial score (nSPS) is 12.1. The van der Waals surface area contributed by atoms with Crippen LogP contribution in [0.3, 0.4) is 0 Å². The van der Waals surface area contributed by atoms with Gasteiger partial charge in [-0.05, 0) is 65.7 Å². The number of ether oxygens (including phenoxy) is 1. The third kappa shape index (κ3) is 3.29. The number of hydrogen-bond donors (Lipinski definition) is 1. The minimum atomic E-state index is -0.135. The highest BCUT2D eigenvalue weighted by atomic mass is 79.9. The lowest BCUT2D eigenvalue weighted by molar-refractivity contribution is 0.372. The molecule has 0 aliphatic rings. The van der Waals surface area contributed by atoms with Crippen LogP contribution in [-0.4, -0.2) is 26.6 Å². The van der Waals surface area contributed by atoms with Gasteiger partial charge in [-0.15, -0.1) is 0 Å². The molecule has 8 heteroatoms. The molecule has 0 radical (unpaired) electrons. The number of thiazole rings is 1. The summed E-state index contributed by atoms with van der Waals surface area (Å²) < 4.78 is 7.77. The molecule has 142 valence electrons. The van der Waals surface area contributed by atoms with Crippen molar-refractivity contribution in [2.75, 3.05) is 7.11 Å². The van der Waals surface area contributed by atoms with Gasteiger partial charge in [0.15, 0.2) is 16.5 Å². The van der Waals surface area contributed by atoms with Crippen LogP contribution in [0.4, 0.5) is 0 Å². The Labute approximate surface area is 172 Å². The summed E-state index contributed by atoms with van der Waals surface area (Å²) >= 11 is 4.61. The number of fused-ring (bicyclic) bond motifs is 1. The fourth-order valence-corrected chi connectivity index (χ4v) is 4.45. The Kier molecular flexibility index (Phi) is 4.68. The van der Waals surface area contributed by atoms with Crippen molar-refractivity contribution in [3.05, 3.63) is 66.8 Å². The second-order valence-corrected chi connectivity index (χ2v) is 8.25. The molecule has 0 bridgehead atoms. The minimum absolute atomic E-state index is 0.0237. The molecular formula is C20H16BrN3O3S. The van der Waals surface area contributed by atoms with Crippen molar-refractivity contribution in [2.45, 2.75) is 13.8 Å². The van der Waals surface area contributed by atoms with Gasteiger partial charge >= 0.3 is 0 Å². The monoisotopic (exact) mass is 457 g/mol. The maximum Gasteiger partial charge on any atom is 0.274 e. The number of halogens is 1. The van der Waals surface area contributed by atoms with Crippen LogP contribution < -0.4 is 14.8 Å². The molecule has 3 aromatic heterocycles. The number of methoxy groups -OCH3 is 1. The van der Waals surface area contributed by atoms with Gasteiger partial charge in [-0.3, -0.25) is 14.2 Å². The number of pyridine rings is 1. The largest absolute Gasteiger partial charge is 0.503 e. The van der Waals surface area contributed by atoms with Gasteiger partial charge in [0, 0.05) is 23.1 Å². The first kappa shape index (κ1) is 18.6. The molecule has 0 unspecified atom stereocenters. The summed E-state index contributed by atoms with van der Waals surface area (Å²) in [6.07, 6.45) is 3.52. The van der Waals surface area contributed by atoms with E-state index in [1.807, 2.05) is 26.0 Å². The number of nitrogens with zero attached hydrogens (tertiary/aromatic N) is 3. The lowest BCUT2D eigenvalue weighted by atomic mass is 10.1. The molecule has 4 rings (SSSR count). The molecule has 0 fully saturated rings. The van der Waals surface area contributed by atoms with Crippen LogP contribution in [0, 0.1) is 13.8 Å². The number of rotatable bonds is 3. The van der Waals surface area contributed by atoms with Gasteiger partial charge in [0.1, 0.15) is 0 Å². The van der Waals surface area contributed by atoms with Crippen molar-refractivity contribution in [1.29, 1.82) is 0 Å². The molecule has 0 aliphatic heterocycles. The minimum Gasteiger partial charge on any atom is -0.503 e. The lowest BCUT2D eigenvalue weighted by Crippen LogP contribution is -2.22. The van der Waals surface area contributed by atoms with Crippen molar-refractivity contribution in [3.63, 3.8) is 0 Å². The van der Waals surface area contributed by atoms with E-state index in [4.69, 9.17) is 4.74 Å². The third-order valence-corrected chi connectivity index (χ3v) is 5.84. The Morgan fingerprint density at radius 3 is 2.54 bits per heavy atom. The molecule has 1 aromatic carbocycles. The summed E-state index contributed by atoms with van der Waals surface area (Å²) in [4.78, 5) is 22.4. The smallest absolute Gasteiger partial charge is 0.274 e. The Bertz CT molecular complexity index is 1310. The van der Waals surface area contributed by atoms with Crippen LogP contribution in [0.5, 0.6) is 11.5 Å². The maximum atomic E-state index is 12.8. The number of hydrogen-bond acceptors (Lipinski definition) is 6. The van der Waals surface area contributed by atoms with E-state index >= 15 is 0 Å². The topological polar surface area (TPSA) is 76.7 Å². The summed E-state index contributed by atoms with van der Waals surface area (Å²) in [5.41, 5.74) is 4.12. The zero-order valence-electron chi connectivity index (χ0n) is 15.4. The Hall–Kier alpha value is -2.71. The fraction of sp³-hybridized carbons (Fsp3) is 0.150. The van der Waals surface area contributed by atoms with Crippen LogP contribution in [0.15, 0.2) is 39.7 Å². The van der Waals surface area contributed by atoms with Crippen LogP contribution >= 0.6 is 27.3 Å². The molecule has 1 N–H and O–H groups in total. The van der Waals surface area contributed by atoms with Crippen molar-refractivity contribution in [3.8, 4) is 22.8 Å². The Morgan fingerprint density at radius 1 is 1.18 bits per heavy atom. The van der Waals surface area contributed by atoms with Crippen LogP contribution in [0.1, 0.15) is 17.0 Å². The molecule has 4 aromatic rings. The van der Waals surface area contributed by atoms with Gasteiger partial charge in [0.05, 0.1) is 21.8 Å². The second kappa shape index (κ2) is 7.03. The number of imidazole rings is 1. The first-order valence-corrected chi connectivity index (χ1v) is 10.0. The Balaban J connectivity index is 1.82. The van der Waals surface area contributed by atoms with Gasteiger partial charge in [-0.25, -0.2) is 4.98 Å². The van der Waals surface area contributed by atoms with Gasteiger partial charge in [0.25, 0.3) is 5.56 Å². The number of aromatic hydroxyl groups is 1. The predicted molar refractivity (Wildman–Crippen MR) is 113 cm³/mol. The van der Waals surface area contributed by atoms with Crippen LogP contribution in [0.25, 0.3) is 22.3 Å². The van der Waals surface area contributed by atoms with Crippen LogP contribution in [-0.2, 0) is 0 Å². The van der Waals surface area contributed by atoms with Crippen molar-refractivity contribution >= 4 is 38.3 Å². The SMILES string of the molecule is COc1cc(/C=c2\sc3nc(-c4cc(C)nc(C)c4)cn3c2=O)cc(Br)c1O. The first-order valence-electron chi connectivity index (χ1n) is 8.41. The van der Waals surface area contributed by atoms with E-state index < -0.39 is 0 Å². The fourth-order valence-electron chi connectivity index (χ4n) is 3.04. The summed E-state index contributed by atoms with van der Waals surface area (Å²) in [6.45, 7) is 3.87. The highest BCUT2D eigenvalue weighted by Crippen LogP contribution is 2.35. The van der Waals surface area contributed by atoms with Crippen LogP contribution in [0.2, 0.25) is 0 Å². The van der Waals surface area contributed by atoms with E-state index in [0.29, 0.717) is 19.7 Å². The van der Waals surface area contributed by atoms with E-state index in [0.717, 1.165) is 28.2 Å². The maximum absolute atomic E-state index is 12.8. The van der Waals surface area contributed by atoms with E-state index in [2.05, 4.69) is 25.9 Å². The molecule has 0 spiro atoms. The molecule has 0 atom stereocenters. The number of phenols is 1. The molecule has 0 aliphatic carbocycles.